The second-order valence-corrected chi connectivity index (χ2v) is 9.73. The second kappa shape index (κ2) is 9.00. The number of H-pyrrole nitrogens is 1. The number of ether oxygens (including phenoxy) is 3. The summed E-state index contributed by atoms with van der Waals surface area (Å²) in [6.07, 6.45) is 7.67. The molecule has 7 nitrogen and oxygen atoms in total. The topological polar surface area (TPSA) is 81.3 Å². The summed E-state index contributed by atoms with van der Waals surface area (Å²) < 4.78 is 32.7. The van der Waals surface area contributed by atoms with E-state index >= 15 is 4.39 Å². The molecule has 6 rings (SSSR count). The summed E-state index contributed by atoms with van der Waals surface area (Å²) in [7, 11) is 1.60. The molecule has 0 saturated heterocycles. The van der Waals surface area contributed by atoms with Gasteiger partial charge in [-0.25, -0.2) is 14.4 Å². The van der Waals surface area contributed by atoms with Crippen LogP contribution in [0.5, 0.6) is 23.1 Å². The number of nitrogens with zero attached hydrogens (tertiary/aromatic N) is 2. The highest BCUT2D eigenvalue weighted by Crippen LogP contribution is 2.38. The highest BCUT2D eigenvalue weighted by atomic mass is 19.1. The lowest BCUT2D eigenvalue weighted by Gasteiger charge is -2.40. The zero-order chi connectivity index (χ0) is 23.9. The van der Waals surface area contributed by atoms with Crippen molar-refractivity contribution in [3.63, 3.8) is 0 Å². The highest BCUT2D eigenvalue weighted by Gasteiger charge is 2.32. The zero-order valence-electron chi connectivity index (χ0n) is 19.9. The van der Waals surface area contributed by atoms with Crippen LogP contribution in [0.4, 0.5) is 4.39 Å². The van der Waals surface area contributed by atoms with Crippen LogP contribution in [-0.2, 0) is 0 Å². The molecule has 8 heteroatoms. The van der Waals surface area contributed by atoms with Gasteiger partial charge in [-0.2, -0.15) is 0 Å². The van der Waals surface area contributed by atoms with Crippen LogP contribution in [-0.4, -0.2) is 40.8 Å². The lowest BCUT2D eigenvalue weighted by atomic mass is 9.79. The first kappa shape index (κ1) is 22.1. The normalized spacial score (nSPS) is 20.0. The SMILES string of the molecule is COc1cc2c(Oc3ccc4[nH]c(C)cc4c3F)ncnc2cc1OCC1CC(NC2CCC2)C1. The monoisotopic (exact) mass is 476 g/mol. The van der Waals surface area contributed by atoms with E-state index in [0.717, 1.165) is 30.1 Å². The van der Waals surface area contributed by atoms with Gasteiger partial charge in [0.15, 0.2) is 23.1 Å². The molecule has 0 radical (unpaired) electrons. The van der Waals surface area contributed by atoms with E-state index in [9.17, 15) is 0 Å². The molecule has 2 aliphatic carbocycles. The molecule has 35 heavy (non-hydrogen) atoms. The van der Waals surface area contributed by atoms with Crippen molar-refractivity contribution in [1.82, 2.24) is 20.3 Å². The Hall–Kier alpha value is -3.39. The molecule has 0 atom stereocenters. The van der Waals surface area contributed by atoms with Gasteiger partial charge >= 0.3 is 0 Å². The van der Waals surface area contributed by atoms with Crippen LogP contribution < -0.4 is 19.5 Å². The molecule has 2 heterocycles. The van der Waals surface area contributed by atoms with Gasteiger partial charge in [0.05, 0.1) is 24.6 Å². The van der Waals surface area contributed by atoms with Gasteiger partial charge in [0.2, 0.25) is 5.88 Å². The molecule has 0 bridgehead atoms. The molecule has 2 aliphatic rings. The van der Waals surface area contributed by atoms with Gasteiger partial charge in [0.1, 0.15) is 6.33 Å². The molecular formula is C27H29FN4O3. The highest BCUT2D eigenvalue weighted by molar-refractivity contribution is 5.87. The van der Waals surface area contributed by atoms with Crippen molar-refractivity contribution in [1.29, 1.82) is 0 Å². The van der Waals surface area contributed by atoms with E-state index in [1.54, 1.807) is 31.4 Å². The number of halogens is 1. The molecule has 2 aromatic carbocycles. The Balaban J connectivity index is 1.19. The molecule has 4 aromatic rings. The molecule has 0 aliphatic heterocycles. The number of hydrogen-bond acceptors (Lipinski definition) is 6. The molecular weight excluding hydrogens is 447 g/mol. The Bertz CT molecular complexity index is 1380. The number of aryl methyl sites for hydroxylation is 1. The second-order valence-electron chi connectivity index (χ2n) is 9.73. The van der Waals surface area contributed by atoms with Crippen LogP contribution in [0.15, 0.2) is 36.7 Å². The summed E-state index contributed by atoms with van der Waals surface area (Å²) in [5.74, 6) is 1.66. The number of nitrogens with one attached hydrogen (secondary N) is 2. The van der Waals surface area contributed by atoms with Crippen molar-refractivity contribution in [2.24, 2.45) is 5.92 Å². The maximum Gasteiger partial charge on any atom is 0.230 e. The molecule has 182 valence electrons. The van der Waals surface area contributed by atoms with Crippen molar-refractivity contribution >= 4 is 21.8 Å². The molecule has 2 fully saturated rings. The van der Waals surface area contributed by atoms with Crippen LogP contribution in [0.2, 0.25) is 0 Å². The number of hydrogen-bond donors (Lipinski definition) is 2. The fourth-order valence-electron chi connectivity index (χ4n) is 4.99. The number of aromatic amines is 1. The number of benzene rings is 2. The number of fused-ring (bicyclic) bond motifs is 2. The molecule has 2 saturated carbocycles. The summed E-state index contributed by atoms with van der Waals surface area (Å²) in [6, 6.07) is 10.1. The van der Waals surface area contributed by atoms with Crippen LogP contribution >= 0.6 is 0 Å². The fourth-order valence-corrected chi connectivity index (χ4v) is 4.99. The first-order valence-electron chi connectivity index (χ1n) is 12.2. The van der Waals surface area contributed by atoms with Crippen molar-refractivity contribution < 1.29 is 18.6 Å². The van der Waals surface area contributed by atoms with Crippen molar-refractivity contribution in [3.8, 4) is 23.1 Å². The van der Waals surface area contributed by atoms with Gasteiger partial charge in [0, 0.05) is 34.7 Å². The third kappa shape index (κ3) is 4.27. The van der Waals surface area contributed by atoms with E-state index < -0.39 is 5.82 Å². The van der Waals surface area contributed by atoms with E-state index in [2.05, 4.69) is 20.3 Å². The Kier molecular flexibility index (Phi) is 5.68. The van der Waals surface area contributed by atoms with Crippen molar-refractivity contribution in [3.05, 3.63) is 48.2 Å². The molecule has 0 unspecified atom stereocenters. The summed E-state index contributed by atoms with van der Waals surface area (Å²) in [5.41, 5.74) is 2.25. The molecule has 0 amide bonds. The third-order valence-electron chi connectivity index (χ3n) is 7.21. The Morgan fingerprint density at radius 2 is 1.89 bits per heavy atom. The first-order chi connectivity index (χ1) is 17.1. The summed E-state index contributed by atoms with van der Waals surface area (Å²) in [5, 5.41) is 4.83. The zero-order valence-corrected chi connectivity index (χ0v) is 19.9. The summed E-state index contributed by atoms with van der Waals surface area (Å²) in [6.45, 7) is 2.53. The van der Waals surface area contributed by atoms with E-state index in [0.29, 0.717) is 46.4 Å². The van der Waals surface area contributed by atoms with E-state index in [4.69, 9.17) is 14.2 Å². The Labute approximate surface area is 203 Å². The average Bonchev–Trinajstić information content (AvgIpc) is 3.19. The van der Waals surface area contributed by atoms with Gasteiger partial charge < -0.3 is 24.5 Å². The van der Waals surface area contributed by atoms with Gasteiger partial charge in [0.25, 0.3) is 0 Å². The van der Waals surface area contributed by atoms with Crippen LogP contribution in [0.25, 0.3) is 21.8 Å². The van der Waals surface area contributed by atoms with Gasteiger partial charge in [-0.3, -0.25) is 0 Å². The minimum Gasteiger partial charge on any atom is -0.493 e. The average molecular weight is 477 g/mol. The van der Waals surface area contributed by atoms with E-state index in [-0.39, 0.29) is 11.6 Å². The predicted octanol–water partition coefficient (Wildman–Crippen LogP) is 5.66. The lowest BCUT2D eigenvalue weighted by Crippen LogP contribution is -2.49. The number of rotatable bonds is 8. The number of aromatic nitrogens is 3. The molecule has 0 spiro atoms. The predicted molar refractivity (Wildman–Crippen MR) is 132 cm³/mol. The quantitative estimate of drug-likeness (QED) is 0.342. The minimum absolute atomic E-state index is 0.103. The van der Waals surface area contributed by atoms with Crippen LogP contribution in [0.1, 0.15) is 37.8 Å². The van der Waals surface area contributed by atoms with Crippen LogP contribution in [0.3, 0.4) is 0 Å². The maximum absolute atomic E-state index is 15.1. The summed E-state index contributed by atoms with van der Waals surface area (Å²) in [4.78, 5) is 11.8. The first-order valence-corrected chi connectivity index (χ1v) is 12.2. The van der Waals surface area contributed by atoms with Crippen molar-refractivity contribution in [2.75, 3.05) is 13.7 Å². The standard InChI is InChI=1S/C27H29FN4O3/c1-15-8-19-21(31-15)6-7-23(26(19)28)35-27-20-11-24(33-2)25(12-22(20)29-14-30-27)34-13-16-9-18(10-16)32-17-4-3-5-17/h6-8,11-12,14,16-18,31-32H,3-5,9-10,13H2,1-2H3. The Morgan fingerprint density at radius 3 is 2.66 bits per heavy atom. The molecule has 2 aromatic heterocycles. The number of methoxy groups -OCH3 is 1. The van der Waals surface area contributed by atoms with Gasteiger partial charge in [-0.1, -0.05) is 6.42 Å². The minimum atomic E-state index is -0.434. The maximum atomic E-state index is 15.1. The lowest BCUT2D eigenvalue weighted by molar-refractivity contribution is 0.121. The smallest absolute Gasteiger partial charge is 0.230 e. The van der Waals surface area contributed by atoms with E-state index in [1.165, 1.54) is 25.6 Å². The molecule has 2 N–H and O–H groups in total. The van der Waals surface area contributed by atoms with Gasteiger partial charge in [-0.05, 0) is 62.8 Å². The van der Waals surface area contributed by atoms with Gasteiger partial charge in [-0.15, -0.1) is 0 Å². The fraction of sp³-hybridized carbons (Fsp3) is 0.407. The van der Waals surface area contributed by atoms with E-state index in [1.807, 2.05) is 13.0 Å². The Morgan fingerprint density at radius 1 is 1.03 bits per heavy atom. The largest absolute Gasteiger partial charge is 0.493 e. The third-order valence-corrected chi connectivity index (χ3v) is 7.21. The summed E-state index contributed by atoms with van der Waals surface area (Å²) >= 11 is 0. The van der Waals surface area contributed by atoms with Crippen LogP contribution in [0, 0.1) is 18.7 Å². The van der Waals surface area contributed by atoms with Crippen molar-refractivity contribution in [2.45, 2.75) is 51.1 Å².